The number of sulfonamides is 1. The lowest BCUT2D eigenvalue weighted by atomic mass is 10.1. The van der Waals surface area contributed by atoms with Crippen molar-refractivity contribution in [3.05, 3.63) is 12.3 Å². The number of nitrogens with one attached hydrogen (secondary N) is 2. The maximum atomic E-state index is 12.7. The molecule has 0 amide bonds. The monoisotopic (exact) mass is 312 g/mol. The molecule has 1 saturated heterocycles. The molecule has 0 spiro atoms. The number of aromatic amines is 1. The Labute approximate surface area is 114 Å². The molecule has 0 aromatic carbocycles. The number of piperidine rings is 1. The molecule has 1 aliphatic heterocycles. The van der Waals surface area contributed by atoms with Gasteiger partial charge in [-0.15, -0.1) is 0 Å². The van der Waals surface area contributed by atoms with E-state index in [0.29, 0.717) is 30.2 Å². The number of H-pyrrole nitrogens is 1. The van der Waals surface area contributed by atoms with E-state index in [1.165, 1.54) is 6.20 Å². The third-order valence-corrected chi connectivity index (χ3v) is 4.94. The van der Waals surface area contributed by atoms with Crippen molar-refractivity contribution in [3.63, 3.8) is 0 Å². The van der Waals surface area contributed by atoms with Crippen molar-refractivity contribution in [3.8, 4) is 0 Å². The van der Waals surface area contributed by atoms with Crippen molar-refractivity contribution in [2.75, 3.05) is 19.6 Å². The van der Waals surface area contributed by atoms with Crippen LogP contribution in [-0.4, -0.2) is 54.8 Å². The molecule has 2 rings (SSSR count). The van der Waals surface area contributed by atoms with Gasteiger partial charge in [0.25, 0.3) is 10.0 Å². The summed E-state index contributed by atoms with van der Waals surface area (Å²) < 4.78 is 63.2. The first-order valence-electron chi connectivity index (χ1n) is 6.09. The van der Waals surface area contributed by atoms with Crippen LogP contribution in [0.4, 0.5) is 13.2 Å². The van der Waals surface area contributed by atoms with E-state index >= 15 is 0 Å². The van der Waals surface area contributed by atoms with Crippen LogP contribution in [0.5, 0.6) is 0 Å². The van der Waals surface area contributed by atoms with Crippen molar-refractivity contribution in [2.45, 2.75) is 30.1 Å². The van der Waals surface area contributed by atoms with Gasteiger partial charge in [-0.05, 0) is 32.0 Å². The first kappa shape index (κ1) is 15.3. The van der Waals surface area contributed by atoms with E-state index in [2.05, 4.69) is 15.5 Å². The average Bonchev–Trinajstić information content (AvgIpc) is 2.90. The Hall–Kier alpha value is -1.13. The van der Waals surface area contributed by atoms with Gasteiger partial charge in [0.2, 0.25) is 0 Å². The van der Waals surface area contributed by atoms with Gasteiger partial charge in [-0.2, -0.15) is 22.6 Å². The average molecular weight is 312 g/mol. The van der Waals surface area contributed by atoms with Crippen molar-refractivity contribution < 1.29 is 21.6 Å². The highest BCUT2D eigenvalue weighted by Crippen LogP contribution is 2.26. The van der Waals surface area contributed by atoms with Crippen molar-refractivity contribution >= 4 is 10.0 Å². The smallest absolute Gasteiger partial charge is 0.317 e. The van der Waals surface area contributed by atoms with Crippen LogP contribution in [0.2, 0.25) is 0 Å². The Kier molecular flexibility index (Phi) is 4.35. The maximum Gasteiger partial charge on any atom is 0.402 e. The first-order chi connectivity index (χ1) is 9.31. The minimum atomic E-state index is -4.59. The summed E-state index contributed by atoms with van der Waals surface area (Å²) in [6, 6.07) is 0.492. The summed E-state index contributed by atoms with van der Waals surface area (Å²) in [5.74, 6) is 0. The summed E-state index contributed by atoms with van der Waals surface area (Å²) in [5, 5.41) is 8.38. The van der Waals surface area contributed by atoms with Crippen molar-refractivity contribution in [1.29, 1.82) is 0 Å². The van der Waals surface area contributed by atoms with Crippen LogP contribution in [0, 0.1) is 0 Å². The van der Waals surface area contributed by atoms with E-state index in [4.69, 9.17) is 0 Å². The zero-order valence-corrected chi connectivity index (χ0v) is 11.3. The molecular weight excluding hydrogens is 297 g/mol. The Morgan fingerprint density at radius 3 is 2.50 bits per heavy atom. The van der Waals surface area contributed by atoms with Crippen molar-refractivity contribution in [1.82, 2.24) is 19.8 Å². The van der Waals surface area contributed by atoms with Crippen LogP contribution in [0.1, 0.15) is 12.8 Å². The minimum Gasteiger partial charge on any atom is -0.317 e. The van der Waals surface area contributed by atoms with E-state index in [0.717, 1.165) is 6.07 Å². The molecule has 0 bridgehead atoms. The summed E-state index contributed by atoms with van der Waals surface area (Å²) in [6.07, 6.45) is -2.69. The molecule has 114 valence electrons. The zero-order chi connectivity index (χ0) is 14.8. The van der Waals surface area contributed by atoms with Gasteiger partial charge in [0.05, 0.1) is 6.20 Å². The molecule has 1 aromatic heterocycles. The number of aromatic nitrogens is 2. The second-order valence-electron chi connectivity index (χ2n) is 4.57. The molecule has 0 aliphatic carbocycles. The highest BCUT2D eigenvalue weighted by Gasteiger charge is 2.41. The quantitative estimate of drug-likeness (QED) is 0.858. The fourth-order valence-electron chi connectivity index (χ4n) is 2.19. The van der Waals surface area contributed by atoms with Crippen LogP contribution in [0.3, 0.4) is 0 Å². The number of hydrogen-bond acceptors (Lipinski definition) is 4. The summed E-state index contributed by atoms with van der Waals surface area (Å²) in [5.41, 5.74) is 0. The molecule has 0 saturated carbocycles. The van der Waals surface area contributed by atoms with Crippen molar-refractivity contribution in [2.24, 2.45) is 0 Å². The number of alkyl halides is 3. The summed E-state index contributed by atoms with van der Waals surface area (Å²) in [6.45, 7) is -0.492. The molecule has 0 radical (unpaired) electrons. The van der Waals surface area contributed by atoms with Gasteiger partial charge in [-0.3, -0.25) is 5.10 Å². The summed E-state index contributed by atoms with van der Waals surface area (Å²) in [7, 11) is -4.22. The molecule has 0 unspecified atom stereocenters. The Morgan fingerprint density at radius 2 is 2.00 bits per heavy atom. The zero-order valence-electron chi connectivity index (χ0n) is 10.5. The van der Waals surface area contributed by atoms with Crippen LogP contribution in [-0.2, 0) is 10.0 Å². The van der Waals surface area contributed by atoms with Crippen LogP contribution >= 0.6 is 0 Å². The largest absolute Gasteiger partial charge is 0.402 e. The Morgan fingerprint density at radius 1 is 1.35 bits per heavy atom. The highest BCUT2D eigenvalue weighted by molar-refractivity contribution is 7.89. The maximum absolute atomic E-state index is 12.7. The molecule has 20 heavy (non-hydrogen) atoms. The summed E-state index contributed by atoms with van der Waals surface area (Å²) >= 11 is 0. The van der Waals surface area contributed by atoms with E-state index in [-0.39, 0.29) is 5.03 Å². The molecule has 0 atom stereocenters. The van der Waals surface area contributed by atoms with E-state index in [9.17, 15) is 21.6 Å². The molecule has 6 nitrogen and oxygen atoms in total. The van der Waals surface area contributed by atoms with Gasteiger partial charge in [0, 0.05) is 6.04 Å². The Bertz CT molecular complexity index is 523. The number of rotatable bonds is 4. The number of nitrogens with zero attached hydrogens (tertiary/aromatic N) is 2. The lowest BCUT2D eigenvalue weighted by molar-refractivity contribution is -0.140. The molecule has 1 aliphatic rings. The summed E-state index contributed by atoms with van der Waals surface area (Å²) in [4.78, 5) is 0. The van der Waals surface area contributed by atoms with Gasteiger partial charge in [0.15, 0.2) is 5.03 Å². The van der Waals surface area contributed by atoms with Gasteiger partial charge in [0.1, 0.15) is 6.54 Å². The SMILES string of the molecule is O=S(=O)(c1ccn[nH]1)N(CC(F)(F)F)C1CCNCC1. The highest BCUT2D eigenvalue weighted by atomic mass is 32.2. The molecule has 2 heterocycles. The molecule has 10 heteroatoms. The standard InChI is InChI=1S/C10H15F3N4O2S/c11-10(12,13)7-17(8-1-4-14-5-2-8)20(18,19)9-3-6-15-16-9/h3,6,8,14H,1-2,4-5,7H2,(H,15,16). The normalized spacial score (nSPS) is 18.6. The van der Waals surface area contributed by atoms with E-state index in [1.54, 1.807) is 0 Å². The third-order valence-electron chi connectivity index (χ3n) is 3.11. The number of halogens is 3. The van der Waals surface area contributed by atoms with E-state index in [1.807, 2.05) is 0 Å². The second-order valence-corrected chi connectivity index (χ2v) is 6.43. The Balaban J connectivity index is 2.30. The second kappa shape index (κ2) is 5.70. The minimum absolute atomic E-state index is 0.319. The van der Waals surface area contributed by atoms with Gasteiger partial charge in [-0.25, -0.2) is 8.42 Å². The molecule has 1 aromatic rings. The van der Waals surface area contributed by atoms with Crippen LogP contribution in [0.15, 0.2) is 17.3 Å². The third kappa shape index (κ3) is 3.49. The van der Waals surface area contributed by atoms with Gasteiger partial charge >= 0.3 is 6.18 Å². The van der Waals surface area contributed by atoms with E-state index < -0.39 is 28.8 Å². The number of hydrogen-bond donors (Lipinski definition) is 2. The first-order valence-corrected chi connectivity index (χ1v) is 7.53. The molecule has 2 N–H and O–H groups in total. The topological polar surface area (TPSA) is 78.1 Å². The predicted molar refractivity (Wildman–Crippen MR) is 64.4 cm³/mol. The fraction of sp³-hybridized carbons (Fsp3) is 0.700. The van der Waals surface area contributed by atoms with Gasteiger partial charge in [-0.1, -0.05) is 0 Å². The van der Waals surface area contributed by atoms with Crippen LogP contribution in [0.25, 0.3) is 0 Å². The lowest BCUT2D eigenvalue weighted by Gasteiger charge is -2.33. The molecule has 1 fully saturated rings. The molecular formula is C10H15F3N4O2S. The lowest BCUT2D eigenvalue weighted by Crippen LogP contribution is -2.49. The fourth-order valence-corrected chi connectivity index (χ4v) is 3.77. The van der Waals surface area contributed by atoms with Gasteiger partial charge < -0.3 is 5.32 Å². The van der Waals surface area contributed by atoms with Crippen LogP contribution < -0.4 is 5.32 Å². The predicted octanol–water partition coefficient (Wildman–Crippen LogP) is 0.715.